The third kappa shape index (κ3) is 1.73. The van der Waals surface area contributed by atoms with Crippen molar-refractivity contribution in [2.75, 3.05) is 12.8 Å². The number of hydrogen-bond acceptors (Lipinski definition) is 2. The summed E-state index contributed by atoms with van der Waals surface area (Å²) in [5.41, 5.74) is 1.08. The molecule has 1 saturated heterocycles. The smallest absolute Gasteiger partial charge is 0.211 e. The highest BCUT2D eigenvalue weighted by Crippen LogP contribution is 2.36. The van der Waals surface area contributed by atoms with E-state index in [9.17, 15) is 8.42 Å². The third-order valence-electron chi connectivity index (χ3n) is 2.18. The van der Waals surface area contributed by atoms with Crippen LogP contribution in [0.2, 0.25) is 0 Å². The normalized spacial score (nSPS) is 27.2. The van der Waals surface area contributed by atoms with Crippen molar-refractivity contribution >= 4 is 10.0 Å². The SMILES string of the molecule is CS(=O)(=O)N1C[C@H]1c1ccccc1. The van der Waals surface area contributed by atoms with E-state index in [1.807, 2.05) is 30.3 Å². The van der Waals surface area contributed by atoms with Gasteiger partial charge in [-0.1, -0.05) is 30.3 Å². The minimum atomic E-state index is -2.99. The fourth-order valence-electron chi connectivity index (χ4n) is 1.44. The number of sulfonamides is 1. The van der Waals surface area contributed by atoms with Crippen molar-refractivity contribution in [2.24, 2.45) is 0 Å². The molecule has 1 aromatic carbocycles. The maximum atomic E-state index is 11.1. The second-order valence-corrected chi connectivity index (χ2v) is 5.19. The van der Waals surface area contributed by atoms with E-state index in [4.69, 9.17) is 0 Å². The van der Waals surface area contributed by atoms with Crippen LogP contribution < -0.4 is 0 Å². The van der Waals surface area contributed by atoms with Crippen molar-refractivity contribution in [1.29, 1.82) is 0 Å². The molecule has 4 heteroatoms. The Hall–Kier alpha value is -0.870. The topological polar surface area (TPSA) is 37.1 Å². The lowest BCUT2D eigenvalue weighted by molar-refractivity contribution is 0.561. The Morgan fingerprint density at radius 3 is 2.38 bits per heavy atom. The lowest BCUT2D eigenvalue weighted by atomic mass is 10.2. The monoisotopic (exact) mass is 197 g/mol. The van der Waals surface area contributed by atoms with Gasteiger partial charge in [0, 0.05) is 6.54 Å². The summed E-state index contributed by atoms with van der Waals surface area (Å²) in [7, 11) is -2.99. The first-order chi connectivity index (χ1) is 6.09. The molecule has 0 spiro atoms. The molecule has 1 aliphatic rings. The number of nitrogens with zero attached hydrogens (tertiary/aromatic N) is 1. The Morgan fingerprint density at radius 1 is 1.31 bits per heavy atom. The molecule has 0 aliphatic carbocycles. The van der Waals surface area contributed by atoms with Crippen molar-refractivity contribution in [3.05, 3.63) is 35.9 Å². The lowest BCUT2D eigenvalue weighted by Gasteiger charge is -1.99. The highest BCUT2D eigenvalue weighted by molar-refractivity contribution is 7.88. The van der Waals surface area contributed by atoms with Crippen LogP contribution in [-0.2, 0) is 10.0 Å². The van der Waals surface area contributed by atoms with Gasteiger partial charge in [0.05, 0.1) is 12.3 Å². The predicted molar refractivity (Wildman–Crippen MR) is 50.7 cm³/mol. The highest BCUT2D eigenvalue weighted by Gasteiger charge is 2.42. The van der Waals surface area contributed by atoms with Gasteiger partial charge in [0.15, 0.2) is 0 Å². The Kier molecular flexibility index (Phi) is 1.89. The molecule has 1 aliphatic heterocycles. The Morgan fingerprint density at radius 2 is 1.92 bits per heavy atom. The molecule has 70 valence electrons. The van der Waals surface area contributed by atoms with Crippen LogP contribution in [-0.4, -0.2) is 25.5 Å². The van der Waals surface area contributed by atoms with Crippen LogP contribution in [0.3, 0.4) is 0 Å². The van der Waals surface area contributed by atoms with Gasteiger partial charge in [-0.3, -0.25) is 0 Å². The van der Waals surface area contributed by atoms with E-state index in [1.54, 1.807) is 0 Å². The van der Waals surface area contributed by atoms with Gasteiger partial charge in [0.2, 0.25) is 10.0 Å². The second kappa shape index (κ2) is 2.82. The standard InChI is InChI=1S/C9H11NO2S/c1-13(11,12)10-7-9(10)8-5-3-2-4-6-8/h2-6,9H,7H2,1H3/t9-,10?/m0/s1. The molecule has 1 unspecified atom stereocenters. The van der Waals surface area contributed by atoms with Gasteiger partial charge in [-0.15, -0.1) is 0 Å². The molecule has 0 N–H and O–H groups in total. The summed E-state index contributed by atoms with van der Waals surface area (Å²) >= 11 is 0. The zero-order chi connectivity index (χ0) is 9.47. The van der Waals surface area contributed by atoms with Gasteiger partial charge in [-0.25, -0.2) is 8.42 Å². The van der Waals surface area contributed by atoms with E-state index in [-0.39, 0.29) is 6.04 Å². The quantitative estimate of drug-likeness (QED) is 0.663. The van der Waals surface area contributed by atoms with Gasteiger partial charge < -0.3 is 0 Å². The van der Waals surface area contributed by atoms with E-state index in [1.165, 1.54) is 10.6 Å². The highest BCUT2D eigenvalue weighted by atomic mass is 32.2. The van der Waals surface area contributed by atoms with Crippen molar-refractivity contribution in [2.45, 2.75) is 6.04 Å². The number of benzene rings is 1. The fraction of sp³-hybridized carbons (Fsp3) is 0.333. The molecule has 13 heavy (non-hydrogen) atoms. The van der Waals surface area contributed by atoms with Gasteiger partial charge in [-0.2, -0.15) is 4.31 Å². The number of hydrogen-bond donors (Lipinski definition) is 0. The van der Waals surface area contributed by atoms with Gasteiger partial charge in [0.1, 0.15) is 0 Å². The van der Waals surface area contributed by atoms with Crippen LogP contribution >= 0.6 is 0 Å². The van der Waals surface area contributed by atoms with Crippen molar-refractivity contribution < 1.29 is 8.42 Å². The molecule has 0 saturated carbocycles. The molecule has 0 radical (unpaired) electrons. The minimum absolute atomic E-state index is 0.0798. The summed E-state index contributed by atoms with van der Waals surface area (Å²) < 4.78 is 23.7. The zero-order valence-corrected chi connectivity index (χ0v) is 8.16. The largest absolute Gasteiger partial charge is 0.212 e. The van der Waals surface area contributed by atoms with Crippen LogP contribution in [0.5, 0.6) is 0 Å². The maximum Gasteiger partial charge on any atom is 0.211 e. The second-order valence-electron chi connectivity index (χ2n) is 3.26. The van der Waals surface area contributed by atoms with Crippen LogP contribution in [0.4, 0.5) is 0 Å². The molecule has 2 atom stereocenters. The van der Waals surface area contributed by atoms with Crippen LogP contribution in [0.25, 0.3) is 0 Å². The minimum Gasteiger partial charge on any atom is -0.212 e. The average molecular weight is 197 g/mol. The molecule has 2 rings (SSSR count). The summed E-state index contributed by atoms with van der Waals surface area (Å²) in [6.45, 7) is 0.628. The number of rotatable bonds is 2. The molecule has 1 fully saturated rings. The first-order valence-electron chi connectivity index (χ1n) is 4.11. The Bertz CT molecular complexity index is 399. The van der Waals surface area contributed by atoms with Gasteiger partial charge >= 0.3 is 0 Å². The van der Waals surface area contributed by atoms with E-state index in [2.05, 4.69) is 0 Å². The van der Waals surface area contributed by atoms with Crippen LogP contribution in [0.1, 0.15) is 11.6 Å². The van der Waals surface area contributed by atoms with Crippen molar-refractivity contribution in [1.82, 2.24) is 4.31 Å². The molecule has 1 aromatic rings. The molecule has 0 aromatic heterocycles. The molecular weight excluding hydrogens is 186 g/mol. The molecule has 0 amide bonds. The third-order valence-corrected chi connectivity index (χ3v) is 3.43. The Balaban J connectivity index is 2.18. The molecule has 1 heterocycles. The van der Waals surface area contributed by atoms with Crippen molar-refractivity contribution in [3.8, 4) is 0 Å². The van der Waals surface area contributed by atoms with Crippen LogP contribution in [0, 0.1) is 0 Å². The van der Waals surface area contributed by atoms with Crippen molar-refractivity contribution in [3.63, 3.8) is 0 Å². The van der Waals surface area contributed by atoms with Gasteiger partial charge in [0.25, 0.3) is 0 Å². The predicted octanol–water partition coefficient (Wildman–Crippen LogP) is 1.00. The van der Waals surface area contributed by atoms with Crippen LogP contribution in [0.15, 0.2) is 30.3 Å². The maximum absolute atomic E-state index is 11.1. The van der Waals surface area contributed by atoms with E-state index >= 15 is 0 Å². The average Bonchev–Trinajstić information content (AvgIpc) is 2.83. The summed E-state index contributed by atoms with van der Waals surface area (Å²) in [5, 5.41) is 0. The fourth-order valence-corrected chi connectivity index (χ4v) is 2.43. The molecule has 0 bridgehead atoms. The molecular formula is C9H11NO2S. The summed E-state index contributed by atoms with van der Waals surface area (Å²) in [6, 6.07) is 9.76. The molecule has 3 nitrogen and oxygen atoms in total. The lowest BCUT2D eigenvalue weighted by Crippen LogP contribution is -2.09. The first kappa shape index (κ1) is 8.72. The zero-order valence-electron chi connectivity index (χ0n) is 7.34. The summed E-state index contributed by atoms with van der Waals surface area (Å²) in [5.74, 6) is 0. The van der Waals surface area contributed by atoms with E-state index in [0.717, 1.165) is 5.56 Å². The summed E-state index contributed by atoms with van der Waals surface area (Å²) in [4.78, 5) is 0. The van der Waals surface area contributed by atoms with E-state index in [0.29, 0.717) is 6.54 Å². The van der Waals surface area contributed by atoms with E-state index < -0.39 is 10.0 Å². The first-order valence-corrected chi connectivity index (χ1v) is 5.95. The van der Waals surface area contributed by atoms with Gasteiger partial charge in [-0.05, 0) is 5.56 Å². The summed E-state index contributed by atoms with van der Waals surface area (Å²) in [6.07, 6.45) is 1.25. The Labute approximate surface area is 78.0 Å².